The summed E-state index contributed by atoms with van der Waals surface area (Å²) in [5.74, 6) is -2.64. The van der Waals surface area contributed by atoms with Crippen molar-refractivity contribution in [3.63, 3.8) is 0 Å². The van der Waals surface area contributed by atoms with Crippen molar-refractivity contribution in [2.75, 3.05) is 11.9 Å². The second kappa shape index (κ2) is 8.24. The number of amides is 2. The van der Waals surface area contributed by atoms with Crippen molar-refractivity contribution in [2.45, 2.75) is 0 Å². The minimum atomic E-state index is -1.32. The number of aromatic carboxylic acids is 1. The van der Waals surface area contributed by atoms with Crippen LogP contribution < -0.4 is 5.32 Å². The number of anilines is 1. The van der Waals surface area contributed by atoms with E-state index in [0.717, 1.165) is 23.4 Å². The SMILES string of the molecule is O=C(CN1C(=O)/C(=C\c2ccccc2)SC1=S)Nc1ccc(O)c(C(=O)O)c1. The van der Waals surface area contributed by atoms with Gasteiger partial charge in [-0.1, -0.05) is 54.3 Å². The zero-order valence-corrected chi connectivity index (χ0v) is 15.9. The predicted molar refractivity (Wildman–Crippen MR) is 110 cm³/mol. The Bertz CT molecular complexity index is 1000. The van der Waals surface area contributed by atoms with Gasteiger partial charge in [0.25, 0.3) is 5.91 Å². The lowest BCUT2D eigenvalue weighted by Gasteiger charge is -2.14. The van der Waals surface area contributed by atoms with Crippen LogP contribution in [0, 0.1) is 0 Å². The molecule has 0 saturated carbocycles. The van der Waals surface area contributed by atoms with Crippen LogP contribution in [0.5, 0.6) is 5.75 Å². The normalized spacial score (nSPS) is 15.1. The average Bonchev–Trinajstić information content (AvgIpc) is 2.91. The van der Waals surface area contributed by atoms with Gasteiger partial charge in [-0.15, -0.1) is 0 Å². The number of aromatic hydroxyl groups is 1. The van der Waals surface area contributed by atoms with Gasteiger partial charge in [-0.2, -0.15) is 0 Å². The molecule has 0 aromatic heterocycles. The number of carbonyl (C=O) groups is 3. The molecule has 7 nitrogen and oxygen atoms in total. The Morgan fingerprint density at radius 1 is 1.18 bits per heavy atom. The third-order valence-electron chi connectivity index (χ3n) is 3.78. The van der Waals surface area contributed by atoms with Gasteiger partial charge in [0.15, 0.2) is 0 Å². The first-order chi connectivity index (χ1) is 13.3. The number of carboxylic acid groups (broad SMARTS) is 1. The Morgan fingerprint density at radius 3 is 2.57 bits per heavy atom. The molecule has 0 spiro atoms. The number of phenols is 1. The smallest absolute Gasteiger partial charge is 0.339 e. The number of thiocarbonyl (C=S) groups is 1. The molecule has 2 amide bonds. The molecule has 28 heavy (non-hydrogen) atoms. The highest BCUT2D eigenvalue weighted by Crippen LogP contribution is 2.32. The molecule has 0 radical (unpaired) electrons. The van der Waals surface area contributed by atoms with E-state index >= 15 is 0 Å². The Balaban J connectivity index is 1.70. The lowest BCUT2D eigenvalue weighted by Crippen LogP contribution is -2.36. The van der Waals surface area contributed by atoms with Crippen LogP contribution in [0.4, 0.5) is 5.69 Å². The van der Waals surface area contributed by atoms with Crippen molar-refractivity contribution in [2.24, 2.45) is 0 Å². The summed E-state index contributed by atoms with van der Waals surface area (Å²) in [4.78, 5) is 37.5. The van der Waals surface area contributed by atoms with Crippen LogP contribution in [-0.4, -0.2) is 43.8 Å². The zero-order chi connectivity index (χ0) is 20.3. The molecule has 0 bridgehead atoms. The highest BCUT2D eigenvalue weighted by Gasteiger charge is 2.33. The molecule has 1 aliphatic heterocycles. The third kappa shape index (κ3) is 4.38. The molecule has 0 aliphatic carbocycles. The molecule has 142 valence electrons. The van der Waals surface area contributed by atoms with E-state index in [4.69, 9.17) is 17.3 Å². The van der Waals surface area contributed by atoms with E-state index in [1.807, 2.05) is 30.3 Å². The van der Waals surface area contributed by atoms with E-state index in [1.54, 1.807) is 6.08 Å². The number of rotatable bonds is 5. The van der Waals surface area contributed by atoms with E-state index in [9.17, 15) is 19.5 Å². The number of nitrogens with zero attached hydrogens (tertiary/aromatic N) is 1. The summed E-state index contributed by atoms with van der Waals surface area (Å²) in [5, 5.41) is 21.0. The van der Waals surface area contributed by atoms with Crippen molar-refractivity contribution in [3.05, 3.63) is 64.6 Å². The van der Waals surface area contributed by atoms with Crippen LogP contribution in [0.15, 0.2) is 53.4 Å². The summed E-state index contributed by atoms with van der Waals surface area (Å²) in [5.41, 5.74) is 0.692. The van der Waals surface area contributed by atoms with Gasteiger partial charge in [-0.3, -0.25) is 14.5 Å². The Labute approximate surface area is 169 Å². The fraction of sp³-hybridized carbons (Fsp3) is 0.0526. The van der Waals surface area contributed by atoms with E-state index in [-0.39, 0.29) is 28.0 Å². The Morgan fingerprint density at radius 2 is 1.89 bits per heavy atom. The van der Waals surface area contributed by atoms with Crippen LogP contribution >= 0.6 is 24.0 Å². The maximum atomic E-state index is 12.6. The highest BCUT2D eigenvalue weighted by atomic mass is 32.2. The van der Waals surface area contributed by atoms with Crippen LogP contribution in [0.1, 0.15) is 15.9 Å². The summed E-state index contributed by atoms with van der Waals surface area (Å²) >= 11 is 6.31. The minimum Gasteiger partial charge on any atom is -0.507 e. The monoisotopic (exact) mass is 414 g/mol. The van der Waals surface area contributed by atoms with Gasteiger partial charge in [-0.05, 0) is 29.8 Å². The highest BCUT2D eigenvalue weighted by molar-refractivity contribution is 8.26. The van der Waals surface area contributed by atoms with E-state index < -0.39 is 17.6 Å². The first-order valence-electron chi connectivity index (χ1n) is 8.02. The average molecular weight is 414 g/mol. The summed E-state index contributed by atoms with van der Waals surface area (Å²) < 4.78 is 0.263. The van der Waals surface area contributed by atoms with Gasteiger partial charge in [0.05, 0.1) is 4.91 Å². The van der Waals surface area contributed by atoms with Crippen molar-refractivity contribution in [3.8, 4) is 5.75 Å². The van der Waals surface area contributed by atoms with Gasteiger partial charge in [0.2, 0.25) is 5.91 Å². The maximum absolute atomic E-state index is 12.6. The van der Waals surface area contributed by atoms with Crippen LogP contribution in [-0.2, 0) is 9.59 Å². The van der Waals surface area contributed by atoms with Gasteiger partial charge in [-0.25, -0.2) is 4.79 Å². The van der Waals surface area contributed by atoms with Gasteiger partial charge < -0.3 is 15.5 Å². The molecule has 2 aromatic carbocycles. The van der Waals surface area contributed by atoms with Gasteiger partial charge in [0, 0.05) is 5.69 Å². The number of thioether (sulfide) groups is 1. The molecular weight excluding hydrogens is 400 g/mol. The van der Waals surface area contributed by atoms with Crippen molar-refractivity contribution in [1.29, 1.82) is 0 Å². The molecule has 1 saturated heterocycles. The second-order valence-corrected chi connectivity index (χ2v) is 7.44. The van der Waals surface area contributed by atoms with E-state index in [0.29, 0.717) is 4.91 Å². The summed E-state index contributed by atoms with van der Waals surface area (Å²) in [6.07, 6.45) is 1.70. The second-order valence-electron chi connectivity index (χ2n) is 5.76. The number of carbonyl (C=O) groups excluding carboxylic acids is 2. The maximum Gasteiger partial charge on any atom is 0.339 e. The predicted octanol–water partition coefficient (Wildman–Crippen LogP) is 2.93. The number of carboxylic acids is 1. The number of hydrogen-bond donors (Lipinski definition) is 3. The van der Waals surface area contributed by atoms with Crippen LogP contribution in [0.25, 0.3) is 6.08 Å². The van der Waals surface area contributed by atoms with Crippen molar-refractivity contribution >= 4 is 57.8 Å². The standard InChI is InChI=1S/C19H14N2O5S2/c22-14-7-6-12(9-13(14)18(25)26)20-16(23)10-21-17(24)15(28-19(21)27)8-11-4-2-1-3-5-11/h1-9,22H,10H2,(H,20,23)(H,25,26)/b15-8+. The van der Waals surface area contributed by atoms with Gasteiger partial charge >= 0.3 is 5.97 Å². The molecule has 2 aromatic rings. The van der Waals surface area contributed by atoms with Crippen molar-refractivity contribution < 1.29 is 24.6 Å². The fourth-order valence-electron chi connectivity index (χ4n) is 2.47. The summed E-state index contributed by atoms with van der Waals surface area (Å²) in [7, 11) is 0. The number of nitrogens with one attached hydrogen (secondary N) is 1. The van der Waals surface area contributed by atoms with Crippen molar-refractivity contribution in [1.82, 2.24) is 4.90 Å². The first-order valence-corrected chi connectivity index (χ1v) is 9.24. The topological polar surface area (TPSA) is 107 Å². The summed E-state index contributed by atoms with van der Waals surface area (Å²) in [6.45, 7) is -0.305. The molecule has 1 aliphatic rings. The van der Waals surface area contributed by atoms with Crippen LogP contribution in [0.3, 0.4) is 0 Å². The molecule has 1 heterocycles. The zero-order valence-electron chi connectivity index (χ0n) is 14.3. The third-order valence-corrected chi connectivity index (χ3v) is 5.16. The van der Waals surface area contributed by atoms with E-state index in [1.165, 1.54) is 17.0 Å². The number of hydrogen-bond acceptors (Lipinski definition) is 6. The minimum absolute atomic E-state index is 0.186. The lowest BCUT2D eigenvalue weighted by molar-refractivity contribution is -0.126. The largest absolute Gasteiger partial charge is 0.507 e. The first kappa shape index (κ1) is 19.6. The molecule has 0 atom stereocenters. The van der Waals surface area contributed by atoms with E-state index in [2.05, 4.69) is 5.32 Å². The summed E-state index contributed by atoms with van der Waals surface area (Å²) in [6, 6.07) is 12.9. The molecule has 0 unspecified atom stereocenters. The molecular formula is C19H14N2O5S2. The number of benzene rings is 2. The Hall–Kier alpha value is -3.17. The quantitative estimate of drug-likeness (QED) is 0.392. The molecule has 3 N–H and O–H groups in total. The molecule has 1 fully saturated rings. The molecule has 3 rings (SSSR count). The van der Waals surface area contributed by atoms with Gasteiger partial charge in [0.1, 0.15) is 22.2 Å². The Kier molecular flexibility index (Phi) is 5.76. The van der Waals surface area contributed by atoms with Crippen LogP contribution in [0.2, 0.25) is 0 Å². The molecule has 9 heteroatoms. The lowest BCUT2D eigenvalue weighted by atomic mass is 10.2. The fourth-order valence-corrected chi connectivity index (χ4v) is 3.72.